The van der Waals surface area contributed by atoms with Crippen molar-refractivity contribution in [3.8, 4) is 0 Å². The van der Waals surface area contributed by atoms with Crippen molar-refractivity contribution in [1.82, 2.24) is 14.8 Å². The van der Waals surface area contributed by atoms with E-state index in [2.05, 4.69) is 50.1 Å². The van der Waals surface area contributed by atoms with E-state index in [-0.39, 0.29) is 30.5 Å². The topological polar surface area (TPSA) is 56.7 Å². The number of hydrogen-bond acceptors (Lipinski definition) is 4. The highest BCUT2D eigenvalue weighted by molar-refractivity contribution is 9.10. The minimum atomic E-state index is 0.136. The lowest BCUT2D eigenvalue weighted by Crippen LogP contribution is -2.68. The first-order valence-corrected chi connectivity index (χ1v) is 10.8. The molecule has 148 valence electrons. The minimum Gasteiger partial charge on any atom is -0.395 e. The smallest absolute Gasteiger partial charge is 0.228 e. The SMILES string of the molecule is O=C(Cc1ccccn1)N1CCCCN2[C@H](CO)[C@H](c3ccc(Br)cc3)[C@H]2C1. The molecule has 0 spiro atoms. The summed E-state index contributed by atoms with van der Waals surface area (Å²) < 4.78 is 1.05. The molecule has 1 aromatic heterocycles. The molecule has 0 radical (unpaired) electrons. The highest BCUT2D eigenvalue weighted by atomic mass is 79.9. The van der Waals surface area contributed by atoms with E-state index in [1.165, 1.54) is 5.56 Å². The summed E-state index contributed by atoms with van der Waals surface area (Å²) in [7, 11) is 0. The molecule has 0 saturated carbocycles. The number of hydrogen-bond donors (Lipinski definition) is 1. The lowest BCUT2D eigenvalue weighted by Gasteiger charge is -2.57. The van der Waals surface area contributed by atoms with Gasteiger partial charge in [-0.25, -0.2) is 0 Å². The number of rotatable bonds is 4. The van der Waals surface area contributed by atoms with Gasteiger partial charge in [-0.1, -0.05) is 34.1 Å². The second-order valence-electron chi connectivity index (χ2n) is 7.68. The molecule has 28 heavy (non-hydrogen) atoms. The molecule has 1 amide bonds. The third-order valence-corrected chi connectivity index (χ3v) is 6.56. The molecule has 2 aliphatic rings. The lowest BCUT2D eigenvalue weighted by molar-refractivity contribution is -0.135. The summed E-state index contributed by atoms with van der Waals surface area (Å²) in [5.41, 5.74) is 2.05. The molecule has 2 aromatic rings. The van der Waals surface area contributed by atoms with E-state index in [0.29, 0.717) is 13.0 Å². The van der Waals surface area contributed by atoms with Crippen molar-refractivity contribution in [3.63, 3.8) is 0 Å². The highest BCUT2D eigenvalue weighted by Crippen LogP contribution is 2.42. The van der Waals surface area contributed by atoms with Gasteiger partial charge in [0.15, 0.2) is 0 Å². The number of aliphatic hydroxyl groups excluding tert-OH is 1. The molecule has 4 rings (SSSR count). The summed E-state index contributed by atoms with van der Waals surface area (Å²) in [5.74, 6) is 0.393. The average Bonchev–Trinajstić information content (AvgIpc) is 2.69. The fourth-order valence-electron chi connectivity index (χ4n) is 4.62. The Kier molecular flexibility index (Phi) is 6.09. The molecular formula is C22H26BrN3O2. The van der Waals surface area contributed by atoms with Gasteiger partial charge in [-0.05, 0) is 49.2 Å². The van der Waals surface area contributed by atoms with Crippen LogP contribution >= 0.6 is 15.9 Å². The molecule has 2 fully saturated rings. The summed E-state index contributed by atoms with van der Waals surface area (Å²) in [6.07, 6.45) is 4.13. The molecule has 6 heteroatoms. The number of nitrogens with zero attached hydrogens (tertiary/aromatic N) is 3. The van der Waals surface area contributed by atoms with Gasteiger partial charge in [0.05, 0.1) is 13.0 Å². The van der Waals surface area contributed by atoms with E-state index in [1.54, 1.807) is 6.20 Å². The number of aromatic nitrogens is 1. The van der Waals surface area contributed by atoms with Crippen molar-refractivity contribution in [1.29, 1.82) is 0 Å². The molecule has 3 atom stereocenters. The molecule has 0 aliphatic carbocycles. The van der Waals surface area contributed by atoms with Crippen molar-refractivity contribution >= 4 is 21.8 Å². The van der Waals surface area contributed by atoms with E-state index in [0.717, 1.165) is 36.1 Å². The number of carbonyl (C=O) groups excluding carboxylic acids is 1. The maximum atomic E-state index is 13.0. The lowest BCUT2D eigenvalue weighted by atomic mass is 9.74. The number of pyridine rings is 1. The molecular weight excluding hydrogens is 418 g/mol. The second kappa shape index (κ2) is 8.72. The number of benzene rings is 1. The highest BCUT2D eigenvalue weighted by Gasteiger charge is 2.49. The summed E-state index contributed by atoms with van der Waals surface area (Å²) in [4.78, 5) is 21.7. The van der Waals surface area contributed by atoms with Crippen LogP contribution in [-0.4, -0.2) is 64.1 Å². The molecule has 0 bridgehead atoms. The second-order valence-corrected chi connectivity index (χ2v) is 8.59. The van der Waals surface area contributed by atoms with Crippen LogP contribution in [0.4, 0.5) is 0 Å². The standard InChI is InChI=1S/C22H26BrN3O2/c23-17-8-6-16(7-9-17)22-19-14-25(11-3-4-12-26(19)20(22)15-27)21(28)13-18-5-1-2-10-24-18/h1-2,5-10,19-20,22,27H,3-4,11-15H2/t19-,20-,22-/m1/s1. The van der Waals surface area contributed by atoms with E-state index >= 15 is 0 Å². The fraction of sp³-hybridized carbons (Fsp3) is 0.455. The third-order valence-electron chi connectivity index (χ3n) is 6.04. The number of aliphatic hydroxyl groups is 1. The predicted molar refractivity (Wildman–Crippen MR) is 112 cm³/mol. The fourth-order valence-corrected chi connectivity index (χ4v) is 4.89. The largest absolute Gasteiger partial charge is 0.395 e. The Morgan fingerprint density at radius 1 is 1.14 bits per heavy atom. The van der Waals surface area contributed by atoms with E-state index in [9.17, 15) is 9.90 Å². The first kappa shape index (κ1) is 19.6. The molecule has 1 N–H and O–H groups in total. The van der Waals surface area contributed by atoms with Crippen LogP contribution in [0.25, 0.3) is 0 Å². The Morgan fingerprint density at radius 3 is 2.64 bits per heavy atom. The van der Waals surface area contributed by atoms with Crippen LogP contribution in [0.1, 0.15) is 30.0 Å². The number of fused-ring (bicyclic) bond motifs is 1. The van der Waals surface area contributed by atoms with Gasteiger partial charge in [0.2, 0.25) is 5.91 Å². The van der Waals surface area contributed by atoms with Crippen molar-refractivity contribution in [2.75, 3.05) is 26.2 Å². The van der Waals surface area contributed by atoms with E-state index < -0.39 is 0 Å². The van der Waals surface area contributed by atoms with Crippen LogP contribution in [0.15, 0.2) is 53.1 Å². The molecule has 3 heterocycles. The Morgan fingerprint density at radius 2 is 1.93 bits per heavy atom. The first-order chi connectivity index (χ1) is 13.7. The predicted octanol–water partition coefficient (Wildman–Crippen LogP) is 2.84. The summed E-state index contributed by atoms with van der Waals surface area (Å²) in [6, 6.07) is 14.5. The molecule has 5 nitrogen and oxygen atoms in total. The first-order valence-electron chi connectivity index (χ1n) is 9.97. The Hall–Kier alpha value is -1.76. The third kappa shape index (κ3) is 4.00. The maximum Gasteiger partial charge on any atom is 0.228 e. The summed E-state index contributed by atoms with van der Waals surface area (Å²) in [6.45, 7) is 2.65. The zero-order valence-corrected chi connectivity index (χ0v) is 17.5. The van der Waals surface area contributed by atoms with Gasteiger partial charge >= 0.3 is 0 Å². The Bertz CT molecular complexity index is 799. The van der Waals surface area contributed by atoms with Crippen LogP contribution in [0.3, 0.4) is 0 Å². The van der Waals surface area contributed by atoms with Gasteiger partial charge in [0, 0.05) is 47.5 Å². The van der Waals surface area contributed by atoms with Gasteiger partial charge in [-0.3, -0.25) is 14.7 Å². The molecule has 0 unspecified atom stereocenters. The molecule has 2 saturated heterocycles. The van der Waals surface area contributed by atoms with E-state index in [4.69, 9.17) is 0 Å². The molecule has 2 aliphatic heterocycles. The number of amides is 1. The average molecular weight is 444 g/mol. The van der Waals surface area contributed by atoms with Crippen LogP contribution in [0.2, 0.25) is 0 Å². The Labute approximate surface area is 174 Å². The van der Waals surface area contributed by atoms with Crippen LogP contribution in [-0.2, 0) is 11.2 Å². The van der Waals surface area contributed by atoms with Crippen molar-refractivity contribution in [3.05, 3.63) is 64.4 Å². The van der Waals surface area contributed by atoms with Gasteiger partial charge in [-0.2, -0.15) is 0 Å². The zero-order chi connectivity index (χ0) is 19.5. The zero-order valence-electron chi connectivity index (χ0n) is 15.9. The van der Waals surface area contributed by atoms with Crippen LogP contribution in [0, 0.1) is 0 Å². The van der Waals surface area contributed by atoms with Gasteiger partial charge in [0.25, 0.3) is 0 Å². The molecule has 1 aromatic carbocycles. The van der Waals surface area contributed by atoms with Gasteiger partial charge in [0.1, 0.15) is 0 Å². The quantitative estimate of drug-likeness (QED) is 0.788. The van der Waals surface area contributed by atoms with Crippen LogP contribution < -0.4 is 0 Å². The maximum absolute atomic E-state index is 13.0. The minimum absolute atomic E-state index is 0.136. The van der Waals surface area contributed by atoms with Gasteiger partial charge < -0.3 is 10.0 Å². The number of carbonyl (C=O) groups is 1. The number of halogens is 1. The summed E-state index contributed by atoms with van der Waals surface area (Å²) in [5, 5.41) is 10.0. The normalized spacial score (nSPS) is 25.4. The van der Waals surface area contributed by atoms with Crippen molar-refractivity contribution in [2.24, 2.45) is 0 Å². The van der Waals surface area contributed by atoms with Crippen LogP contribution in [0.5, 0.6) is 0 Å². The van der Waals surface area contributed by atoms with E-state index in [1.807, 2.05) is 23.1 Å². The monoisotopic (exact) mass is 443 g/mol. The van der Waals surface area contributed by atoms with Crippen molar-refractivity contribution < 1.29 is 9.90 Å². The van der Waals surface area contributed by atoms with Gasteiger partial charge in [-0.15, -0.1) is 0 Å². The summed E-state index contributed by atoms with van der Waals surface area (Å²) >= 11 is 3.50. The Balaban J connectivity index is 1.52. The van der Waals surface area contributed by atoms with Crippen molar-refractivity contribution in [2.45, 2.75) is 37.3 Å².